The fourth-order valence-corrected chi connectivity index (χ4v) is 5.02. The average molecular weight is 484 g/mol. The first-order valence-electron chi connectivity index (χ1n) is 11.6. The number of carbonyl (C=O) groups is 3. The van der Waals surface area contributed by atoms with Gasteiger partial charge in [-0.15, -0.1) is 0 Å². The summed E-state index contributed by atoms with van der Waals surface area (Å²) in [6.45, 7) is 3.18. The maximum absolute atomic E-state index is 12.8. The van der Waals surface area contributed by atoms with E-state index in [1.54, 1.807) is 25.1 Å². The van der Waals surface area contributed by atoms with Crippen molar-refractivity contribution in [3.8, 4) is 11.5 Å². The Balaban J connectivity index is 0.000000243. The van der Waals surface area contributed by atoms with Crippen molar-refractivity contribution in [2.24, 2.45) is 11.7 Å². The van der Waals surface area contributed by atoms with Crippen molar-refractivity contribution < 1.29 is 39.5 Å². The Morgan fingerprint density at radius 3 is 2.06 bits per heavy atom. The molecule has 3 aliphatic rings. The largest absolute Gasteiger partial charge is 0.507 e. The van der Waals surface area contributed by atoms with Crippen LogP contribution in [0.25, 0.3) is 0 Å². The number of phenolic OH excluding ortho intramolecular Hbond substituents is 2. The molecule has 5 atom stereocenters. The van der Waals surface area contributed by atoms with Crippen LogP contribution in [0.3, 0.4) is 0 Å². The zero-order chi connectivity index (χ0) is 25.6. The number of carbonyl (C=O) groups excluding carboxylic acids is 3. The zero-order valence-corrected chi connectivity index (χ0v) is 19.5. The number of ketones is 3. The van der Waals surface area contributed by atoms with Crippen LogP contribution in [0.1, 0.15) is 69.7 Å². The molecule has 186 valence electrons. The molecule has 0 radical (unpaired) electrons. The molecule has 9 heteroatoms. The molecule has 1 heterocycles. The number of hydrogen-bond acceptors (Lipinski definition) is 9. The molecule has 2 aromatic rings. The van der Waals surface area contributed by atoms with Crippen molar-refractivity contribution in [2.45, 2.75) is 64.1 Å². The first-order valence-corrected chi connectivity index (χ1v) is 11.6. The fraction of sp³-hybridized carbons (Fsp3) is 0.423. The summed E-state index contributed by atoms with van der Waals surface area (Å²) in [7, 11) is 0. The van der Waals surface area contributed by atoms with Crippen LogP contribution in [0.5, 0.6) is 11.5 Å². The smallest absolute Gasteiger partial charge is 0.198 e. The molecule has 0 amide bonds. The van der Waals surface area contributed by atoms with Crippen LogP contribution in [0.15, 0.2) is 24.3 Å². The van der Waals surface area contributed by atoms with Gasteiger partial charge in [-0.3, -0.25) is 14.4 Å². The van der Waals surface area contributed by atoms with E-state index in [4.69, 9.17) is 15.6 Å². The van der Waals surface area contributed by atoms with Gasteiger partial charge >= 0.3 is 0 Å². The Morgan fingerprint density at radius 2 is 1.54 bits per heavy atom. The third-order valence-corrected chi connectivity index (χ3v) is 7.06. The highest BCUT2D eigenvalue weighted by Crippen LogP contribution is 2.46. The number of aliphatic hydroxyl groups excluding tert-OH is 2. The van der Waals surface area contributed by atoms with Crippen LogP contribution < -0.4 is 5.73 Å². The molecule has 2 aromatic carbocycles. The minimum atomic E-state index is -0.812. The van der Waals surface area contributed by atoms with E-state index < -0.39 is 24.0 Å². The van der Waals surface area contributed by atoms with Gasteiger partial charge in [-0.2, -0.15) is 0 Å². The molecular formula is C26H29NO8. The Hall–Kier alpha value is -3.11. The van der Waals surface area contributed by atoms with Gasteiger partial charge in [0.2, 0.25) is 0 Å². The van der Waals surface area contributed by atoms with Crippen LogP contribution >= 0.6 is 0 Å². The van der Waals surface area contributed by atoms with Gasteiger partial charge in [0.25, 0.3) is 0 Å². The van der Waals surface area contributed by atoms with Gasteiger partial charge in [0, 0.05) is 40.6 Å². The number of fused-ring (bicyclic) bond motifs is 3. The lowest BCUT2D eigenvalue weighted by Crippen LogP contribution is -2.51. The third kappa shape index (κ3) is 4.36. The molecule has 1 aliphatic heterocycles. The first-order chi connectivity index (χ1) is 16.5. The van der Waals surface area contributed by atoms with Crippen LogP contribution in [-0.2, 0) is 22.4 Å². The number of ether oxygens (including phenoxy) is 1. The van der Waals surface area contributed by atoms with E-state index in [2.05, 4.69) is 0 Å². The highest BCUT2D eigenvalue weighted by Gasteiger charge is 2.39. The van der Waals surface area contributed by atoms with Gasteiger partial charge in [-0.05, 0) is 33.1 Å². The molecule has 35 heavy (non-hydrogen) atoms. The van der Waals surface area contributed by atoms with Gasteiger partial charge < -0.3 is 30.9 Å². The molecule has 0 aromatic heterocycles. The van der Waals surface area contributed by atoms with Crippen molar-refractivity contribution in [3.63, 3.8) is 0 Å². The lowest BCUT2D eigenvalue weighted by Gasteiger charge is -2.33. The Morgan fingerprint density at radius 1 is 1.00 bits per heavy atom. The van der Waals surface area contributed by atoms with Gasteiger partial charge in [-0.1, -0.05) is 24.3 Å². The number of rotatable bonds is 1. The van der Waals surface area contributed by atoms with Gasteiger partial charge in [0.15, 0.2) is 17.9 Å². The summed E-state index contributed by atoms with van der Waals surface area (Å²) in [6.07, 6.45) is -0.315. The minimum Gasteiger partial charge on any atom is -0.507 e. The Bertz CT molecular complexity index is 1190. The summed E-state index contributed by atoms with van der Waals surface area (Å²) in [4.78, 5) is 37.4. The number of aromatic hydroxyl groups is 2. The maximum atomic E-state index is 12.8. The highest BCUT2D eigenvalue weighted by atomic mass is 16.6. The second-order valence-electron chi connectivity index (χ2n) is 9.34. The van der Waals surface area contributed by atoms with Crippen LogP contribution in [0, 0.1) is 5.92 Å². The van der Waals surface area contributed by atoms with Gasteiger partial charge in [0.1, 0.15) is 17.3 Å². The van der Waals surface area contributed by atoms with Crippen LogP contribution in [-0.4, -0.2) is 62.3 Å². The molecule has 1 saturated heterocycles. The molecular weight excluding hydrogens is 454 g/mol. The molecule has 5 unspecified atom stereocenters. The van der Waals surface area contributed by atoms with Crippen molar-refractivity contribution in [3.05, 3.63) is 57.6 Å². The summed E-state index contributed by atoms with van der Waals surface area (Å²) >= 11 is 0. The van der Waals surface area contributed by atoms with Gasteiger partial charge in [-0.25, -0.2) is 0 Å². The van der Waals surface area contributed by atoms with E-state index >= 15 is 0 Å². The van der Waals surface area contributed by atoms with Crippen LogP contribution in [0.4, 0.5) is 0 Å². The SMILES string of the molecule is CC(=O)C1CCc2c(O)c3c(c(O)c2C1)C(=O)c1ccccc1C3=O.CC1OC(O)CC(N)C1O. The van der Waals surface area contributed by atoms with E-state index in [1.807, 2.05) is 0 Å². The second-order valence-corrected chi connectivity index (χ2v) is 9.34. The number of nitrogens with two attached hydrogens (primary N) is 1. The standard InChI is InChI=1S/C20H16O5.C6H13NO3/c1-9(21)10-6-7-13-14(8-10)20(25)16-15(19(13)24)17(22)11-4-2-3-5-12(11)18(16)23;1-3-6(9)4(7)2-5(8)10-3/h2-5,10,24-25H,6-8H2,1H3;3-6,8-9H,2,7H2,1H3. The third-order valence-electron chi connectivity index (χ3n) is 7.06. The monoisotopic (exact) mass is 483 g/mol. The predicted molar refractivity (Wildman–Crippen MR) is 124 cm³/mol. The molecule has 0 bridgehead atoms. The van der Waals surface area contributed by atoms with Crippen molar-refractivity contribution >= 4 is 17.3 Å². The maximum Gasteiger partial charge on any atom is 0.198 e. The van der Waals surface area contributed by atoms with E-state index in [0.717, 1.165) is 0 Å². The van der Waals surface area contributed by atoms with E-state index in [0.29, 0.717) is 30.4 Å². The van der Waals surface area contributed by atoms with E-state index in [-0.39, 0.29) is 64.0 Å². The molecule has 5 rings (SSSR count). The number of benzene rings is 2. The van der Waals surface area contributed by atoms with E-state index in [9.17, 15) is 29.7 Å². The second kappa shape index (κ2) is 9.50. The summed E-state index contributed by atoms with van der Waals surface area (Å²) < 4.78 is 4.89. The molecule has 2 aliphatic carbocycles. The van der Waals surface area contributed by atoms with E-state index in [1.165, 1.54) is 13.0 Å². The van der Waals surface area contributed by atoms with Crippen molar-refractivity contribution in [2.75, 3.05) is 0 Å². The van der Waals surface area contributed by atoms with Crippen molar-refractivity contribution in [1.29, 1.82) is 0 Å². The normalized spacial score (nSPS) is 27.2. The quantitative estimate of drug-likeness (QED) is 0.321. The summed E-state index contributed by atoms with van der Waals surface area (Å²) in [5.41, 5.74) is 6.51. The summed E-state index contributed by atoms with van der Waals surface area (Å²) in [5, 5.41) is 39.6. The minimum absolute atomic E-state index is 0.00927. The molecule has 0 saturated carbocycles. The highest BCUT2D eigenvalue weighted by molar-refractivity contribution is 6.30. The zero-order valence-electron chi connectivity index (χ0n) is 19.5. The first kappa shape index (κ1) is 25.0. The number of aliphatic hydroxyl groups is 2. The molecule has 6 N–H and O–H groups in total. The number of hydrogen-bond donors (Lipinski definition) is 5. The predicted octanol–water partition coefficient (Wildman–Crippen LogP) is 1.37. The number of phenols is 2. The fourth-order valence-electron chi connectivity index (χ4n) is 5.02. The van der Waals surface area contributed by atoms with Gasteiger partial charge in [0.05, 0.1) is 23.3 Å². The summed E-state index contributed by atoms with van der Waals surface area (Å²) in [6, 6.07) is 6.02. The molecule has 0 spiro atoms. The molecule has 1 fully saturated rings. The average Bonchev–Trinajstić information content (AvgIpc) is 2.83. The Labute approximate surface area is 202 Å². The lowest BCUT2D eigenvalue weighted by molar-refractivity contribution is -0.198. The Kier molecular flexibility index (Phi) is 6.79. The van der Waals surface area contributed by atoms with Crippen molar-refractivity contribution in [1.82, 2.24) is 0 Å². The summed E-state index contributed by atoms with van der Waals surface area (Å²) in [5.74, 6) is -1.70. The topological polar surface area (TPSA) is 167 Å². The molecule has 9 nitrogen and oxygen atoms in total. The lowest BCUT2D eigenvalue weighted by atomic mass is 9.75. The van der Waals surface area contributed by atoms with Crippen LogP contribution in [0.2, 0.25) is 0 Å². The number of Topliss-reactive ketones (excluding diaryl/α,β-unsaturated/α-hetero) is 1.